The van der Waals surface area contributed by atoms with Crippen LogP contribution in [0.2, 0.25) is 5.02 Å². The van der Waals surface area contributed by atoms with Gasteiger partial charge in [0, 0.05) is 37.7 Å². The summed E-state index contributed by atoms with van der Waals surface area (Å²) in [6.45, 7) is 5.87. The van der Waals surface area contributed by atoms with Crippen LogP contribution in [0.25, 0.3) is 21.3 Å². The van der Waals surface area contributed by atoms with Crippen molar-refractivity contribution in [2.45, 2.75) is 56.4 Å². The van der Waals surface area contributed by atoms with Gasteiger partial charge < -0.3 is 9.66 Å². The maximum absolute atomic E-state index is 13.1. The molecule has 35 heavy (non-hydrogen) atoms. The number of nitrogens with one attached hydrogen (secondary N) is 1. The normalized spacial score (nSPS) is 17.2. The molecule has 2 N–H and O–H groups in total. The molecule has 2 aromatic carbocycles. The fourth-order valence-electron chi connectivity index (χ4n) is 4.36. The molecule has 182 valence electrons. The quantitative estimate of drug-likeness (QED) is 0.263. The highest BCUT2D eigenvalue weighted by Crippen LogP contribution is 2.43. The second-order valence-corrected chi connectivity index (χ2v) is 13.6. The number of rotatable bonds is 6. The van der Waals surface area contributed by atoms with Crippen molar-refractivity contribution in [3.8, 4) is 11.3 Å². The maximum atomic E-state index is 13.1. The molecular weight excluding hydrogens is 496 g/mol. The lowest BCUT2D eigenvalue weighted by atomic mass is 9.75. The highest BCUT2D eigenvalue weighted by atomic mass is 35.5. The van der Waals surface area contributed by atoms with Gasteiger partial charge in [-0.3, -0.25) is 4.98 Å². The van der Waals surface area contributed by atoms with Gasteiger partial charge in [0.1, 0.15) is 10.8 Å². The second-order valence-electron chi connectivity index (χ2n) is 10.1. The third-order valence-corrected chi connectivity index (χ3v) is 9.75. The topological polar surface area (TPSA) is 68.2 Å². The summed E-state index contributed by atoms with van der Waals surface area (Å²) in [6, 6.07) is 19.7. The molecule has 7 heteroatoms. The van der Waals surface area contributed by atoms with Crippen molar-refractivity contribution in [1.82, 2.24) is 9.71 Å². The Balaban J connectivity index is 1.60. The zero-order valence-corrected chi connectivity index (χ0v) is 22.4. The molecule has 4 nitrogen and oxygen atoms in total. The fraction of sp³-hybridized carbons (Fsp3) is 0.321. The van der Waals surface area contributed by atoms with Crippen LogP contribution in [0.15, 0.2) is 66.9 Å². The van der Waals surface area contributed by atoms with E-state index >= 15 is 0 Å². The molecule has 1 aliphatic carbocycles. The lowest BCUT2D eigenvalue weighted by Crippen LogP contribution is -2.41. The van der Waals surface area contributed by atoms with Crippen LogP contribution in [0.5, 0.6) is 0 Å². The molecule has 1 aliphatic rings. The Labute approximate surface area is 218 Å². The van der Waals surface area contributed by atoms with E-state index in [0.717, 1.165) is 56.6 Å². The van der Waals surface area contributed by atoms with Crippen molar-refractivity contribution in [2.24, 2.45) is 0 Å². The first kappa shape index (κ1) is 24.8. The maximum Gasteiger partial charge on any atom is 0.136 e. The lowest BCUT2D eigenvalue weighted by Gasteiger charge is -2.37. The van der Waals surface area contributed by atoms with Gasteiger partial charge in [-0.05, 0) is 80.8 Å². The van der Waals surface area contributed by atoms with Crippen molar-refractivity contribution < 1.29 is 9.66 Å². The Bertz CT molecular complexity index is 1360. The number of aliphatic hydroxyl groups is 1. The molecule has 4 aromatic rings. The average molecular weight is 525 g/mol. The summed E-state index contributed by atoms with van der Waals surface area (Å²) >= 11 is 6.97. The Morgan fingerprint density at radius 1 is 1.11 bits per heavy atom. The Morgan fingerprint density at radius 3 is 2.57 bits per heavy atom. The molecule has 0 saturated heterocycles. The fourth-order valence-corrected chi connectivity index (χ4v) is 6.76. The van der Waals surface area contributed by atoms with Gasteiger partial charge in [0.05, 0.1) is 11.3 Å². The standard InChI is InChI=1S/C28H29ClN2O2S2/c1-27(2,3)35(33)31-25(20-9-4-5-11-22(20)29)24-16-18-8-6-10-21(26(18)34-24)23-17-19(12-15-30-23)28(32)13-7-14-28/h4-6,8-12,15-17,25,31-32H,7,13-14H2,1-3H3/t25-,35?/m1/s1. The van der Waals surface area contributed by atoms with Gasteiger partial charge in [-0.1, -0.05) is 48.0 Å². The van der Waals surface area contributed by atoms with E-state index < -0.39 is 21.7 Å². The van der Waals surface area contributed by atoms with Gasteiger partial charge in [0.2, 0.25) is 0 Å². The minimum Gasteiger partial charge on any atom is -0.598 e. The first-order chi connectivity index (χ1) is 16.7. The van der Waals surface area contributed by atoms with Crippen LogP contribution in [0.4, 0.5) is 0 Å². The summed E-state index contributed by atoms with van der Waals surface area (Å²) in [5.41, 5.74) is 2.97. The van der Waals surface area contributed by atoms with Gasteiger partial charge in [0.15, 0.2) is 0 Å². The van der Waals surface area contributed by atoms with Crippen LogP contribution >= 0.6 is 22.9 Å². The molecular formula is C28H29ClN2O2S2. The highest BCUT2D eigenvalue weighted by molar-refractivity contribution is 7.90. The number of hydrogen-bond acceptors (Lipinski definition) is 5. The van der Waals surface area contributed by atoms with Crippen molar-refractivity contribution in [3.63, 3.8) is 0 Å². The number of halogens is 1. The Morgan fingerprint density at radius 2 is 1.89 bits per heavy atom. The number of nitrogens with zero attached hydrogens (tertiary/aromatic N) is 1. The summed E-state index contributed by atoms with van der Waals surface area (Å²) < 4.78 is 17.2. The predicted octanol–water partition coefficient (Wildman–Crippen LogP) is 7.13. The van der Waals surface area contributed by atoms with E-state index in [1.165, 1.54) is 0 Å². The van der Waals surface area contributed by atoms with Gasteiger partial charge in [0.25, 0.3) is 0 Å². The number of aromatic nitrogens is 1. The lowest BCUT2D eigenvalue weighted by molar-refractivity contribution is -0.0388. The molecule has 1 unspecified atom stereocenters. The van der Waals surface area contributed by atoms with Crippen molar-refractivity contribution in [2.75, 3.05) is 0 Å². The smallest absolute Gasteiger partial charge is 0.136 e. The number of pyridine rings is 1. The first-order valence-electron chi connectivity index (χ1n) is 11.8. The summed E-state index contributed by atoms with van der Waals surface area (Å²) in [5.74, 6) is 0. The third kappa shape index (κ3) is 4.88. The van der Waals surface area contributed by atoms with Crippen LogP contribution in [0.1, 0.15) is 62.1 Å². The van der Waals surface area contributed by atoms with Gasteiger partial charge in [-0.2, -0.15) is 0 Å². The van der Waals surface area contributed by atoms with E-state index in [2.05, 4.69) is 27.9 Å². The van der Waals surface area contributed by atoms with E-state index in [9.17, 15) is 9.66 Å². The van der Waals surface area contributed by atoms with Gasteiger partial charge in [-0.15, -0.1) is 16.1 Å². The van der Waals surface area contributed by atoms with Crippen LogP contribution in [0.3, 0.4) is 0 Å². The van der Waals surface area contributed by atoms with E-state index in [-0.39, 0.29) is 6.04 Å². The van der Waals surface area contributed by atoms with Gasteiger partial charge >= 0.3 is 0 Å². The van der Waals surface area contributed by atoms with Crippen LogP contribution in [-0.4, -0.2) is 19.4 Å². The summed E-state index contributed by atoms with van der Waals surface area (Å²) in [4.78, 5) is 5.68. The molecule has 5 rings (SSSR count). The average Bonchev–Trinajstić information content (AvgIpc) is 3.25. The molecule has 1 saturated carbocycles. The zero-order valence-electron chi connectivity index (χ0n) is 20.0. The van der Waals surface area contributed by atoms with Crippen LogP contribution < -0.4 is 4.72 Å². The molecule has 0 aliphatic heterocycles. The van der Waals surface area contributed by atoms with Crippen LogP contribution in [-0.2, 0) is 17.0 Å². The monoisotopic (exact) mass is 524 g/mol. The molecule has 1 fully saturated rings. The van der Waals surface area contributed by atoms with Crippen molar-refractivity contribution in [1.29, 1.82) is 0 Å². The molecule has 0 spiro atoms. The number of benzene rings is 2. The largest absolute Gasteiger partial charge is 0.598 e. The predicted molar refractivity (Wildman–Crippen MR) is 147 cm³/mol. The van der Waals surface area contributed by atoms with E-state index in [0.29, 0.717) is 5.02 Å². The molecule has 0 bridgehead atoms. The van der Waals surface area contributed by atoms with Crippen molar-refractivity contribution >= 4 is 44.4 Å². The molecule has 0 radical (unpaired) electrons. The number of fused-ring (bicyclic) bond motifs is 1. The Hall–Kier alpha value is -1.93. The summed E-state index contributed by atoms with van der Waals surface area (Å²) in [5, 5.41) is 12.6. The third-order valence-electron chi connectivity index (χ3n) is 6.60. The number of hydrogen-bond donors (Lipinski definition) is 2. The minimum absolute atomic E-state index is 0.316. The second kappa shape index (κ2) is 9.51. The number of thiophene rings is 1. The molecule has 2 heterocycles. The van der Waals surface area contributed by atoms with E-state index in [4.69, 9.17) is 11.6 Å². The SMILES string of the molecule is CC(C)(C)[S+]([O-])N[C@@H](c1cc2cccc(-c3cc(C4(O)CCC4)ccn3)c2s1)c1ccccc1Cl. The Kier molecular flexibility index (Phi) is 6.72. The van der Waals surface area contributed by atoms with Crippen LogP contribution in [0, 0.1) is 0 Å². The minimum atomic E-state index is -1.29. The van der Waals surface area contributed by atoms with E-state index in [1.54, 1.807) is 17.5 Å². The molecule has 2 aromatic heterocycles. The van der Waals surface area contributed by atoms with Crippen molar-refractivity contribution in [3.05, 3.63) is 87.9 Å². The highest BCUT2D eigenvalue weighted by Gasteiger charge is 2.36. The van der Waals surface area contributed by atoms with E-state index in [1.807, 2.05) is 63.2 Å². The molecule has 0 amide bonds. The van der Waals surface area contributed by atoms with Gasteiger partial charge in [-0.25, -0.2) is 0 Å². The molecule has 2 atom stereocenters. The first-order valence-corrected chi connectivity index (χ1v) is 14.1. The zero-order chi connectivity index (χ0) is 24.8. The summed E-state index contributed by atoms with van der Waals surface area (Å²) in [7, 11) is 0. The summed E-state index contributed by atoms with van der Waals surface area (Å²) in [6.07, 6.45) is 4.42.